The maximum atomic E-state index is 12.5. The average molecular weight is 409 g/mol. The van der Waals surface area contributed by atoms with Gasteiger partial charge in [0.15, 0.2) is 5.78 Å². The summed E-state index contributed by atoms with van der Waals surface area (Å²) in [5.74, 6) is 0.988. The number of aromatic nitrogens is 4. The molecule has 1 atom stereocenters. The van der Waals surface area contributed by atoms with Crippen molar-refractivity contribution < 1.29 is 14.1 Å². The van der Waals surface area contributed by atoms with Crippen molar-refractivity contribution in [3.05, 3.63) is 53.2 Å². The van der Waals surface area contributed by atoms with Gasteiger partial charge in [0.1, 0.15) is 23.8 Å². The monoisotopic (exact) mass is 408 g/mol. The van der Waals surface area contributed by atoms with Crippen molar-refractivity contribution >= 4 is 5.78 Å². The second-order valence-corrected chi connectivity index (χ2v) is 7.56. The van der Waals surface area contributed by atoms with Crippen molar-refractivity contribution in [2.24, 2.45) is 5.92 Å². The van der Waals surface area contributed by atoms with Crippen molar-refractivity contribution in [3.63, 3.8) is 0 Å². The van der Waals surface area contributed by atoms with Crippen LogP contribution >= 0.6 is 0 Å². The number of ether oxygens (including phenoxy) is 1. The Morgan fingerprint density at radius 2 is 1.97 bits per heavy atom. The van der Waals surface area contributed by atoms with Crippen LogP contribution in [0.1, 0.15) is 67.0 Å². The number of hydrogen-bond acceptors (Lipinski definition) is 7. The lowest BCUT2D eigenvalue weighted by atomic mass is 9.97. The van der Waals surface area contributed by atoms with E-state index in [2.05, 4.69) is 27.3 Å². The van der Waals surface area contributed by atoms with Crippen molar-refractivity contribution in [1.29, 1.82) is 0 Å². The molecule has 158 valence electrons. The summed E-state index contributed by atoms with van der Waals surface area (Å²) < 4.78 is 11.1. The number of nitrogens with zero attached hydrogens (tertiary/aromatic N) is 4. The third-order valence-corrected chi connectivity index (χ3v) is 5.11. The molecule has 0 N–H and O–H groups in total. The fraction of sp³-hybridized carbons (Fsp3) is 0.435. The van der Waals surface area contributed by atoms with Crippen molar-refractivity contribution in [3.8, 4) is 17.1 Å². The first-order valence-corrected chi connectivity index (χ1v) is 10.4. The van der Waals surface area contributed by atoms with Crippen LogP contribution in [0.15, 0.2) is 35.0 Å². The molecule has 0 bridgehead atoms. The number of hydrogen-bond donors (Lipinski definition) is 0. The van der Waals surface area contributed by atoms with E-state index in [4.69, 9.17) is 9.26 Å². The van der Waals surface area contributed by atoms with Crippen LogP contribution in [0.4, 0.5) is 0 Å². The van der Waals surface area contributed by atoms with E-state index in [1.165, 1.54) is 0 Å². The zero-order valence-corrected chi connectivity index (χ0v) is 18.0. The molecule has 0 aromatic carbocycles. The second kappa shape index (κ2) is 10.1. The smallest absolute Gasteiger partial charge is 0.233 e. The summed E-state index contributed by atoms with van der Waals surface area (Å²) in [7, 11) is 0. The first-order valence-electron chi connectivity index (χ1n) is 10.4. The Balaban J connectivity index is 1.64. The lowest BCUT2D eigenvalue weighted by molar-refractivity contribution is 0.0916. The van der Waals surface area contributed by atoms with E-state index in [1.807, 2.05) is 32.9 Å². The molecule has 0 fully saturated rings. The highest BCUT2D eigenvalue weighted by Crippen LogP contribution is 2.26. The predicted octanol–water partition coefficient (Wildman–Crippen LogP) is 5.12. The van der Waals surface area contributed by atoms with E-state index in [-0.39, 0.29) is 18.3 Å². The zero-order valence-electron chi connectivity index (χ0n) is 18.0. The van der Waals surface area contributed by atoms with Crippen LogP contribution in [0.25, 0.3) is 11.3 Å². The second-order valence-electron chi connectivity index (χ2n) is 7.56. The molecule has 0 spiro atoms. The van der Waals surface area contributed by atoms with Crippen LogP contribution < -0.4 is 4.74 Å². The lowest BCUT2D eigenvalue weighted by Gasteiger charge is -2.10. The summed E-state index contributed by atoms with van der Waals surface area (Å²) in [6.45, 7) is 8.09. The Labute approximate surface area is 176 Å². The number of carbonyl (C=O) groups excluding carboxylic acids is 1. The van der Waals surface area contributed by atoms with Gasteiger partial charge in [0, 0.05) is 29.4 Å². The first kappa shape index (κ1) is 21.6. The molecule has 0 aliphatic rings. The fourth-order valence-electron chi connectivity index (χ4n) is 3.15. The molecule has 7 nitrogen and oxygen atoms in total. The third kappa shape index (κ3) is 5.28. The van der Waals surface area contributed by atoms with E-state index in [9.17, 15) is 4.79 Å². The maximum Gasteiger partial charge on any atom is 0.233 e. The summed E-state index contributed by atoms with van der Waals surface area (Å²) >= 11 is 0. The molecule has 0 aliphatic heterocycles. The molecule has 0 saturated carbocycles. The molecule has 0 saturated heterocycles. The Morgan fingerprint density at radius 1 is 1.13 bits per heavy atom. The van der Waals surface area contributed by atoms with Gasteiger partial charge in [0.05, 0.1) is 5.56 Å². The minimum Gasteiger partial charge on any atom is -0.472 e. The van der Waals surface area contributed by atoms with Gasteiger partial charge in [0.25, 0.3) is 0 Å². The lowest BCUT2D eigenvalue weighted by Crippen LogP contribution is -2.14. The van der Waals surface area contributed by atoms with E-state index < -0.39 is 0 Å². The maximum absolute atomic E-state index is 12.5. The van der Waals surface area contributed by atoms with Gasteiger partial charge in [0.2, 0.25) is 5.88 Å². The van der Waals surface area contributed by atoms with Gasteiger partial charge in [-0.1, -0.05) is 38.3 Å². The van der Waals surface area contributed by atoms with Crippen LogP contribution in [0.3, 0.4) is 0 Å². The number of Topliss-reactive ketones (excluding diaryl/α,β-unsaturated/α-hetero) is 1. The van der Waals surface area contributed by atoms with Gasteiger partial charge in [-0.25, -0.2) is 0 Å². The first-order chi connectivity index (χ1) is 14.5. The average Bonchev–Trinajstić information content (AvgIpc) is 3.13. The van der Waals surface area contributed by atoms with Gasteiger partial charge in [-0.15, -0.1) is 10.2 Å². The van der Waals surface area contributed by atoms with E-state index in [1.54, 1.807) is 18.3 Å². The standard InChI is InChI=1S/C23H28N4O3/c1-5-6-7-8-15(2)23(28)20-11-12-21(26-25-20)29-14-19-17(4)30-27-22(19)18-10-9-16(3)24-13-18/h9-13,15H,5-8,14H2,1-4H3. The number of pyridine rings is 1. The van der Waals surface area contributed by atoms with Crippen molar-refractivity contribution in [2.45, 2.75) is 60.0 Å². The zero-order chi connectivity index (χ0) is 21.5. The molecule has 7 heteroatoms. The van der Waals surface area contributed by atoms with Gasteiger partial charge < -0.3 is 9.26 Å². The van der Waals surface area contributed by atoms with Crippen LogP contribution in [-0.2, 0) is 6.61 Å². The molecule has 3 aromatic rings. The normalized spacial score (nSPS) is 12.0. The molecule has 1 unspecified atom stereocenters. The highest BCUT2D eigenvalue weighted by atomic mass is 16.5. The largest absolute Gasteiger partial charge is 0.472 e. The predicted molar refractivity (Wildman–Crippen MR) is 113 cm³/mol. The Bertz CT molecular complexity index is 965. The van der Waals surface area contributed by atoms with Gasteiger partial charge >= 0.3 is 0 Å². The molecule has 0 amide bonds. The van der Waals surface area contributed by atoms with E-state index in [0.29, 0.717) is 23.0 Å². The molecule has 0 radical (unpaired) electrons. The summed E-state index contributed by atoms with van der Waals surface area (Å²) in [5, 5.41) is 12.3. The third-order valence-electron chi connectivity index (χ3n) is 5.11. The number of unbranched alkanes of at least 4 members (excludes halogenated alkanes) is 2. The van der Waals surface area contributed by atoms with Crippen molar-refractivity contribution in [2.75, 3.05) is 0 Å². The van der Waals surface area contributed by atoms with Crippen LogP contribution in [0.2, 0.25) is 0 Å². The van der Waals surface area contributed by atoms with Crippen LogP contribution in [0.5, 0.6) is 5.88 Å². The summed E-state index contributed by atoms with van der Waals surface area (Å²) in [6, 6.07) is 7.22. The molecule has 30 heavy (non-hydrogen) atoms. The minimum absolute atomic E-state index is 0.0224. The number of aryl methyl sites for hydroxylation is 2. The summed E-state index contributed by atoms with van der Waals surface area (Å²) in [6.07, 6.45) is 5.96. The van der Waals surface area contributed by atoms with Gasteiger partial charge in [-0.05, 0) is 38.5 Å². The van der Waals surface area contributed by atoms with Gasteiger partial charge in [-0.2, -0.15) is 0 Å². The van der Waals surface area contributed by atoms with Gasteiger partial charge in [-0.3, -0.25) is 9.78 Å². The van der Waals surface area contributed by atoms with Crippen LogP contribution in [0, 0.1) is 19.8 Å². The molecular formula is C23H28N4O3. The van der Waals surface area contributed by atoms with E-state index in [0.717, 1.165) is 42.5 Å². The van der Waals surface area contributed by atoms with Crippen molar-refractivity contribution in [1.82, 2.24) is 20.3 Å². The Hall–Kier alpha value is -3.09. The molecule has 0 aliphatic carbocycles. The number of ketones is 1. The molecular weight excluding hydrogens is 380 g/mol. The summed E-state index contributed by atoms with van der Waals surface area (Å²) in [4.78, 5) is 16.8. The molecule has 3 aromatic heterocycles. The number of rotatable bonds is 10. The summed E-state index contributed by atoms with van der Waals surface area (Å²) in [5.41, 5.74) is 3.69. The topological polar surface area (TPSA) is 91.0 Å². The molecule has 3 rings (SSSR count). The van der Waals surface area contributed by atoms with E-state index >= 15 is 0 Å². The Morgan fingerprint density at radius 3 is 2.63 bits per heavy atom. The fourth-order valence-corrected chi connectivity index (χ4v) is 3.15. The van der Waals surface area contributed by atoms with Crippen LogP contribution in [-0.4, -0.2) is 26.1 Å². The SMILES string of the molecule is CCCCCC(C)C(=O)c1ccc(OCc2c(-c3ccc(C)nc3)noc2C)nn1. The quantitative estimate of drug-likeness (QED) is 0.339. The Kier molecular flexibility index (Phi) is 7.27. The molecule has 3 heterocycles. The highest BCUT2D eigenvalue weighted by molar-refractivity contribution is 5.95. The minimum atomic E-state index is -0.0528. The highest BCUT2D eigenvalue weighted by Gasteiger charge is 2.18. The number of carbonyl (C=O) groups is 1.